The van der Waals surface area contributed by atoms with E-state index in [4.69, 9.17) is 9.53 Å². The number of rotatable bonds is 3. The van der Waals surface area contributed by atoms with Crippen LogP contribution in [0.3, 0.4) is 0 Å². The van der Waals surface area contributed by atoms with E-state index >= 15 is 0 Å². The van der Waals surface area contributed by atoms with Gasteiger partial charge in [0.05, 0.1) is 12.7 Å². The molecule has 2 atom stereocenters. The Labute approximate surface area is 99.3 Å². The van der Waals surface area contributed by atoms with E-state index in [9.17, 15) is 4.79 Å². The SMILES string of the molecule is CC(C)(C)[Si](C)(C)O[C@H]1CC(=O)[C@H](CO)C1. The summed E-state index contributed by atoms with van der Waals surface area (Å²) < 4.78 is 6.17. The largest absolute Gasteiger partial charge is 0.413 e. The molecule has 0 heterocycles. The van der Waals surface area contributed by atoms with E-state index in [0.29, 0.717) is 12.8 Å². The summed E-state index contributed by atoms with van der Waals surface area (Å²) >= 11 is 0. The number of aliphatic hydroxyl groups excluding tert-OH is 1. The molecule has 1 fully saturated rings. The fraction of sp³-hybridized carbons (Fsp3) is 0.917. The molecule has 0 bridgehead atoms. The van der Waals surface area contributed by atoms with Crippen LogP contribution in [0.1, 0.15) is 33.6 Å². The lowest BCUT2D eigenvalue weighted by Gasteiger charge is -2.38. The lowest BCUT2D eigenvalue weighted by molar-refractivity contribution is -0.121. The van der Waals surface area contributed by atoms with Gasteiger partial charge >= 0.3 is 0 Å². The maximum Gasteiger partial charge on any atom is 0.192 e. The minimum absolute atomic E-state index is 0.0316. The molecule has 0 aromatic carbocycles. The van der Waals surface area contributed by atoms with Crippen LogP contribution in [0.5, 0.6) is 0 Å². The number of hydrogen-bond acceptors (Lipinski definition) is 3. The quantitative estimate of drug-likeness (QED) is 0.775. The third kappa shape index (κ3) is 2.93. The van der Waals surface area contributed by atoms with Crippen molar-refractivity contribution in [2.75, 3.05) is 6.61 Å². The lowest BCUT2D eigenvalue weighted by atomic mass is 10.1. The molecule has 3 nitrogen and oxygen atoms in total. The minimum Gasteiger partial charge on any atom is -0.413 e. The molecule has 94 valence electrons. The van der Waals surface area contributed by atoms with Crippen LogP contribution in [0, 0.1) is 5.92 Å². The second-order valence-corrected chi connectivity index (χ2v) is 11.0. The number of hydrogen-bond donors (Lipinski definition) is 1. The van der Waals surface area contributed by atoms with Crippen molar-refractivity contribution >= 4 is 14.1 Å². The highest BCUT2D eigenvalue weighted by Crippen LogP contribution is 2.39. The molecule has 1 aliphatic rings. The monoisotopic (exact) mass is 244 g/mol. The summed E-state index contributed by atoms with van der Waals surface area (Å²) in [6, 6.07) is 0. The van der Waals surface area contributed by atoms with E-state index in [0.717, 1.165) is 0 Å². The second kappa shape index (κ2) is 4.59. The van der Waals surface area contributed by atoms with Crippen LogP contribution < -0.4 is 0 Å². The van der Waals surface area contributed by atoms with Gasteiger partial charge in [0.2, 0.25) is 0 Å². The Morgan fingerprint density at radius 1 is 1.44 bits per heavy atom. The highest BCUT2D eigenvalue weighted by Gasteiger charge is 2.42. The van der Waals surface area contributed by atoms with Gasteiger partial charge in [-0.25, -0.2) is 0 Å². The van der Waals surface area contributed by atoms with Gasteiger partial charge in [0.25, 0.3) is 0 Å². The third-order valence-corrected chi connectivity index (χ3v) is 8.45. The molecule has 1 saturated carbocycles. The molecule has 0 saturated heterocycles. The topological polar surface area (TPSA) is 46.5 Å². The van der Waals surface area contributed by atoms with Gasteiger partial charge in [0.15, 0.2) is 8.32 Å². The summed E-state index contributed by atoms with van der Waals surface area (Å²) in [7, 11) is -1.78. The first kappa shape index (κ1) is 13.9. The molecule has 0 amide bonds. The number of Topliss-reactive ketones (excluding diaryl/α,β-unsaturated/α-hetero) is 1. The summed E-state index contributed by atoms with van der Waals surface area (Å²) in [6.07, 6.45) is 1.21. The average Bonchev–Trinajstić information content (AvgIpc) is 2.43. The molecule has 4 heteroatoms. The van der Waals surface area contributed by atoms with Gasteiger partial charge in [-0.3, -0.25) is 4.79 Å². The van der Waals surface area contributed by atoms with Gasteiger partial charge in [-0.05, 0) is 24.6 Å². The minimum atomic E-state index is -1.78. The zero-order chi connectivity index (χ0) is 12.6. The van der Waals surface area contributed by atoms with Crippen LogP contribution in [0.2, 0.25) is 18.1 Å². The first-order valence-corrected chi connectivity index (χ1v) is 8.89. The second-order valence-electron chi connectivity index (χ2n) is 6.29. The van der Waals surface area contributed by atoms with E-state index in [1.54, 1.807) is 0 Å². The Kier molecular flexibility index (Phi) is 3.98. The molecule has 0 aromatic heterocycles. The summed E-state index contributed by atoms with van der Waals surface area (Å²) in [5.41, 5.74) is 0. The maximum atomic E-state index is 11.5. The van der Waals surface area contributed by atoms with E-state index in [2.05, 4.69) is 33.9 Å². The van der Waals surface area contributed by atoms with E-state index in [1.165, 1.54) is 0 Å². The molecule has 1 N–H and O–H groups in total. The van der Waals surface area contributed by atoms with Crippen LogP contribution in [-0.2, 0) is 9.22 Å². The predicted molar refractivity (Wildman–Crippen MR) is 66.9 cm³/mol. The number of ketones is 1. The van der Waals surface area contributed by atoms with E-state index in [-0.39, 0.29) is 29.5 Å². The van der Waals surface area contributed by atoms with Crippen LogP contribution in [-0.4, -0.2) is 31.9 Å². The van der Waals surface area contributed by atoms with Gasteiger partial charge in [0, 0.05) is 12.3 Å². The standard InChI is InChI=1S/C12H24O3Si/c1-12(2,3)16(4,5)15-10-6-9(8-13)11(14)7-10/h9-10,13H,6-8H2,1-5H3/t9-,10+/m0/s1. The van der Waals surface area contributed by atoms with Gasteiger partial charge in [-0.2, -0.15) is 0 Å². The molecule has 0 aliphatic heterocycles. The van der Waals surface area contributed by atoms with Crippen molar-refractivity contribution in [1.82, 2.24) is 0 Å². The predicted octanol–water partition coefficient (Wildman–Crippen LogP) is 2.35. The van der Waals surface area contributed by atoms with Gasteiger partial charge < -0.3 is 9.53 Å². The van der Waals surface area contributed by atoms with Crippen LogP contribution >= 0.6 is 0 Å². The molecule has 0 unspecified atom stereocenters. The Bertz CT molecular complexity index is 268. The third-order valence-electron chi connectivity index (χ3n) is 3.92. The Morgan fingerprint density at radius 3 is 2.38 bits per heavy atom. The zero-order valence-corrected chi connectivity index (χ0v) is 12.0. The summed E-state index contributed by atoms with van der Waals surface area (Å²) in [6.45, 7) is 10.9. The Balaban J connectivity index is 2.60. The van der Waals surface area contributed by atoms with Gasteiger partial charge in [-0.1, -0.05) is 20.8 Å². The van der Waals surface area contributed by atoms with Crippen LogP contribution in [0.25, 0.3) is 0 Å². The molecular weight excluding hydrogens is 220 g/mol. The van der Waals surface area contributed by atoms with Crippen molar-refractivity contribution in [2.24, 2.45) is 5.92 Å². The summed E-state index contributed by atoms with van der Waals surface area (Å²) in [4.78, 5) is 11.5. The number of carbonyl (C=O) groups is 1. The molecule has 16 heavy (non-hydrogen) atoms. The van der Waals surface area contributed by atoms with Crippen molar-refractivity contribution < 1.29 is 14.3 Å². The molecule has 0 aromatic rings. The van der Waals surface area contributed by atoms with Crippen molar-refractivity contribution in [3.05, 3.63) is 0 Å². The molecule has 0 radical (unpaired) electrons. The first-order valence-electron chi connectivity index (χ1n) is 5.99. The fourth-order valence-electron chi connectivity index (χ4n) is 1.78. The Hall–Kier alpha value is -0.193. The maximum absolute atomic E-state index is 11.5. The van der Waals surface area contributed by atoms with Crippen molar-refractivity contribution in [2.45, 2.75) is 57.8 Å². The van der Waals surface area contributed by atoms with Crippen molar-refractivity contribution in [3.63, 3.8) is 0 Å². The summed E-state index contributed by atoms with van der Waals surface area (Å²) in [5.74, 6) is -0.0269. The van der Waals surface area contributed by atoms with Crippen LogP contribution in [0.4, 0.5) is 0 Å². The fourth-order valence-corrected chi connectivity index (χ4v) is 3.15. The van der Waals surface area contributed by atoms with Crippen LogP contribution in [0.15, 0.2) is 0 Å². The zero-order valence-electron chi connectivity index (χ0n) is 11.0. The molecule has 1 rings (SSSR count). The normalized spacial score (nSPS) is 27.5. The van der Waals surface area contributed by atoms with Crippen molar-refractivity contribution in [1.29, 1.82) is 0 Å². The number of aliphatic hydroxyl groups is 1. The van der Waals surface area contributed by atoms with Gasteiger partial charge in [0.1, 0.15) is 5.78 Å². The summed E-state index contributed by atoms with van der Waals surface area (Å²) in [5, 5.41) is 9.22. The van der Waals surface area contributed by atoms with Gasteiger partial charge in [-0.15, -0.1) is 0 Å². The van der Waals surface area contributed by atoms with E-state index in [1.807, 2.05) is 0 Å². The van der Waals surface area contributed by atoms with Crippen molar-refractivity contribution in [3.8, 4) is 0 Å². The molecular formula is C12H24O3Si. The Morgan fingerprint density at radius 2 is 2.00 bits per heavy atom. The highest BCUT2D eigenvalue weighted by atomic mass is 28.4. The smallest absolute Gasteiger partial charge is 0.192 e. The molecule has 1 aliphatic carbocycles. The van der Waals surface area contributed by atoms with E-state index < -0.39 is 8.32 Å². The highest BCUT2D eigenvalue weighted by molar-refractivity contribution is 6.74. The number of carbonyl (C=O) groups excluding carboxylic acids is 1. The lowest BCUT2D eigenvalue weighted by Crippen LogP contribution is -2.43. The first-order chi connectivity index (χ1) is 7.17. The molecule has 0 spiro atoms. The average molecular weight is 244 g/mol.